The second-order valence-electron chi connectivity index (χ2n) is 3.81. The molecule has 3 nitrogen and oxygen atoms in total. The number of aryl methyl sites for hydroxylation is 1. The molecule has 2 heterocycles. The number of likely N-dealkylation sites (tertiary alicyclic amines) is 1. The van der Waals surface area contributed by atoms with Gasteiger partial charge in [-0.1, -0.05) is 6.42 Å². The van der Waals surface area contributed by atoms with Crippen LogP contribution < -0.4 is 0 Å². The lowest BCUT2D eigenvalue weighted by Crippen LogP contribution is -2.29. The van der Waals surface area contributed by atoms with Gasteiger partial charge in [0.1, 0.15) is 0 Å². The molecule has 0 bridgehead atoms. The number of imidazole rings is 1. The molecule has 1 saturated heterocycles. The molecule has 3 heteroatoms. The fourth-order valence-corrected chi connectivity index (χ4v) is 1.88. The van der Waals surface area contributed by atoms with Crippen LogP contribution in [0, 0.1) is 6.92 Å². The van der Waals surface area contributed by atoms with E-state index in [1.54, 1.807) is 6.33 Å². The molecular formula is C10H17N3. The Kier molecular flexibility index (Phi) is 2.64. The molecule has 1 aromatic rings. The molecule has 0 aromatic carbocycles. The summed E-state index contributed by atoms with van der Waals surface area (Å²) in [4.78, 5) is 9.93. The highest BCUT2D eigenvalue weighted by atomic mass is 15.1. The maximum atomic E-state index is 4.31. The van der Waals surface area contributed by atoms with Gasteiger partial charge >= 0.3 is 0 Å². The van der Waals surface area contributed by atoms with Gasteiger partial charge in [-0.25, -0.2) is 4.98 Å². The molecule has 1 N–H and O–H groups in total. The summed E-state index contributed by atoms with van der Waals surface area (Å²) < 4.78 is 0. The number of aromatic amines is 1. The van der Waals surface area contributed by atoms with Crippen LogP contribution >= 0.6 is 0 Å². The van der Waals surface area contributed by atoms with Crippen LogP contribution in [0.4, 0.5) is 0 Å². The van der Waals surface area contributed by atoms with Crippen molar-refractivity contribution in [1.29, 1.82) is 0 Å². The number of piperidine rings is 1. The van der Waals surface area contributed by atoms with E-state index in [4.69, 9.17) is 0 Å². The van der Waals surface area contributed by atoms with Gasteiger partial charge in [-0.15, -0.1) is 0 Å². The number of nitrogens with zero attached hydrogens (tertiary/aromatic N) is 2. The predicted molar refractivity (Wildman–Crippen MR) is 52.5 cm³/mol. The van der Waals surface area contributed by atoms with E-state index in [0.29, 0.717) is 0 Å². The Morgan fingerprint density at radius 1 is 1.38 bits per heavy atom. The topological polar surface area (TPSA) is 31.9 Å². The molecule has 72 valence electrons. The third-order valence-electron chi connectivity index (χ3n) is 2.76. The van der Waals surface area contributed by atoms with Crippen molar-refractivity contribution in [3.8, 4) is 0 Å². The number of hydrogen-bond acceptors (Lipinski definition) is 2. The van der Waals surface area contributed by atoms with Gasteiger partial charge in [0.15, 0.2) is 0 Å². The van der Waals surface area contributed by atoms with Gasteiger partial charge in [-0.2, -0.15) is 0 Å². The average molecular weight is 179 g/mol. The van der Waals surface area contributed by atoms with Crippen molar-refractivity contribution in [3.63, 3.8) is 0 Å². The van der Waals surface area contributed by atoms with Gasteiger partial charge < -0.3 is 4.98 Å². The maximum Gasteiger partial charge on any atom is 0.0925 e. The summed E-state index contributed by atoms with van der Waals surface area (Å²) in [5.41, 5.74) is 2.42. The number of H-pyrrole nitrogens is 1. The minimum Gasteiger partial charge on any atom is -0.348 e. The van der Waals surface area contributed by atoms with E-state index in [-0.39, 0.29) is 0 Å². The normalized spacial score (nSPS) is 19.2. The van der Waals surface area contributed by atoms with E-state index < -0.39 is 0 Å². The number of aromatic nitrogens is 2. The Morgan fingerprint density at radius 3 is 2.77 bits per heavy atom. The summed E-state index contributed by atoms with van der Waals surface area (Å²) in [5, 5.41) is 0. The quantitative estimate of drug-likeness (QED) is 0.749. The first-order chi connectivity index (χ1) is 6.36. The number of rotatable bonds is 2. The standard InChI is InChI=1S/C10H17N3/c1-9-10(12-8-11-9)7-13-5-3-2-4-6-13/h8H,2-7H2,1H3,(H,11,12). The molecule has 1 fully saturated rings. The molecule has 1 aliphatic heterocycles. The lowest BCUT2D eigenvalue weighted by molar-refractivity contribution is 0.218. The van der Waals surface area contributed by atoms with Crippen molar-refractivity contribution in [3.05, 3.63) is 17.7 Å². The Hall–Kier alpha value is -0.830. The summed E-state index contributed by atoms with van der Waals surface area (Å²) in [6, 6.07) is 0. The lowest BCUT2D eigenvalue weighted by Gasteiger charge is -2.25. The van der Waals surface area contributed by atoms with E-state index in [0.717, 1.165) is 6.54 Å². The maximum absolute atomic E-state index is 4.31. The third kappa shape index (κ3) is 2.10. The molecule has 0 radical (unpaired) electrons. The van der Waals surface area contributed by atoms with Crippen molar-refractivity contribution in [2.45, 2.75) is 32.7 Å². The third-order valence-corrected chi connectivity index (χ3v) is 2.76. The van der Waals surface area contributed by atoms with Crippen molar-refractivity contribution in [2.75, 3.05) is 13.1 Å². The van der Waals surface area contributed by atoms with Crippen molar-refractivity contribution in [2.24, 2.45) is 0 Å². The van der Waals surface area contributed by atoms with Crippen LogP contribution in [0.25, 0.3) is 0 Å². The Morgan fingerprint density at radius 2 is 2.15 bits per heavy atom. The summed E-state index contributed by atoms with van der Waals surface area (Å²) in [6.45, 7) is 5.60. The van der Waals surface area contributed by atoms with Crippen LogP contribution in [0.15, 0.2) is 6.33 Å². The van der Waals surface area contributed by atoms with Crippen LogP contribution in [0.2, 0.25) is 0 Å². The van der Waals surface area contributed by atoms with E-state index in [1.165, 1.54) is 43.7 Å². The molecule has 0 atom stereocenters. The lowest BCUT2D eigenvalue weighted by atomic mass is 10.1. The number of nitrogens with one attached hydrogen (secondary N) is 1. The predicted octanol–water partition coefficient (Wildman–Crippen LogP) is 1.70. The SMILES string of the molecule is Cc1[nH]cnc1CN1CCCCC1. The fourth-order valence-electron chi connectivity index (χ4n) is 1.88. The zero-order chi connectivity index (χ0) is 9.10. The van der Waals surface area contributed by atoms with Gasteiger partial charge in [0, 0.05) is 12.2 Å². The zero-order valence-corrected chi connectivity index (χ0v) is 8.21. The largest absolute Gasteiger partial charge is 0.348 e. The summed E-state index contributed by atoms with van der Waals surface area (Å²) in [6.07, 6.45) is 5.89. The van der Waals surface area contributed by atoms with Gasteiger partial charge in [-0.05, 0) is 32.9 Å². The highest BCUT2D eigenvalue weighted by Gasteiger charge is 2.12. The van der Waals surface area contributed by atoms with E-state index in [9.17, 15) is 0 Å². The van der Waals surface area contributed by atoms with Gasteiger partial charge in [0.05, 0.1) is 12.0 Å². The Labute approximate surface area is 79.2 Å². The van der Waals surface area contributed by atoms with Crippen LogP contribution in [0.5, 0.6) is 0 Å². The minimum absolute atomic E-state index is 1.02. The summed E-state index contributed by atoms with van der Waals surface area (Å²) in [5.74, 6) is 0. The number of hydrogen-bond donors (Lipinski definition) is 1. The summed E-state index contributed by atoms with van der Waals surface area (Å²) in [7, 11) is 0. The van der Waals surface area contributed by atoms with Crippen molar-refractivity contribution >= 4 is 0 Å². The second kappa shape index (κ2) is 3.92. The highest BCUT2D eigenvalue weighted by molar-refractivity contribution is 5.08. The molecule has 0 saturated carbocycles. The van der Waals surface area contributed by atoms with Crippen LogP contribution in [0.3, 0.4) is 0 Å². The molecule has 1 aromatic heterocycles. The van der Waals surface area contributed by atoms with E-state index in [1.807, 2.05) is 0 Å². The minimum atomic E-state index is 1.02. The first-order valence-electron chi connectivity index (χ1n) is 5.07. The van der Waals surface area contributed by atoms with Gasteiger partial charge in [0.2, 0.25) is 0 Å². The molecule has 1 aliphatic rings. The van der Waals surface area contributed by atoms with Crippen LogP contribution in [0.1, 0.15) is 30.7 Å². The van der Waals surface area contributed by atoms with Crippen molar-refractivity contribution in [1.82, 2.24) is 14.9 Å². The zero-order valence-electron chi connectivity index (χ0n) is 8.21. The molecule has 0 spiro atoms. The van der Waals surface area contributed by atoms with E-state index in [2.05, 4.69) is 21.8 Å². The summed E-state index contributed by atoms with van der Waals surface area (Å²) >= 11 is 0. The Bertz CT molecular complexity index is 261. The monoisotopic (exact) mass is 179 g/mol. The second-order valence-corrected chi connectivity index (χ2v) is 3.81. The molecule has 0 unspecified atom stereocenters. The first kappa shape index (κ1) is 8.75. The molecule has 13 heavy (non-hydrogen) atoms. The average Bonchev–Trinajstić information content (AvgIpc) is 2.54. The van der Waals surface area contributed by atoms with Gasteiger partial charge in [-0.3, -0.25) is 4.90 Å². The molecular weight excluding hydrogens is 162 g/mol. The van der Waals surface area contributed by atoms with Crippen LogP contribution in [-0.2, 0) is 6.54 Å². The smallest absolute Gasteiger partial charge is 0.0925 e. The first-order valence-corrected chi connectivity index (χ1v) is 5.07. The molecule has 2 rings (SSSR count). The van der Waals surface area contributed by atoms with Gasteiger partial charge in [0.25, 0.3) is 0 Å². The van der Waals surface area contributed by atoms with Crippen LogP contribution in [-0.4, -0.2) is 28.0 Å². The fraction of sp³-hybridized carbons (Fsp3) is 0.700. The molecule has 0 aliphatic carbocycles. The molecule has 0 amide bonds. The van der Waals surface area contributed by atoms with E-state index >= 15 is 0 Å². The highest BCUT2D eigenvalue weighted by Crippen LogP contribution is 2.12. The Balaban J connectivity index is 1.93. The van der Waals surface area contributed by atoms with Crippen molar-refractivity contribution < 1.29 is 0 Å².